The zero-order valence-corrected chi connectivity index (χ0v) is 41.2. The zero-order valence-electron chi connectivity index (χ0n) is 41.2. The van der Waals surface area contributed by atoms with Crippen LogP contribution in [0.3, 0.4) is 0 Å². The minimum absolute atomic E-state index is 0.122. The highest BCUT2D eigenvalue weighted by atomic mass is 16.6. The highest BCUT2D eigenvalue weighted by molar-refractivity contribution is 5.85. The van der Waals surface area contributed by atoms with E-state index >= 15 is 0 Å². The number of nitrogens with one attached hydrogen (secondary N) is 3. The second-order valence-electron chi connectivity index (χ2n) is 17.9. The van der Waals surface area contributed by atoms with Crippen LogP contribution >= 0.6 is 0 Å². The molecule has 3 aromatic carbocycles. The Morgan fingerprint density at radius 2 is 1.28 bits per heavy atom. The number of carbonyl (C=O) groups excluding carboxylic acids is 4. The number of aliphatic hydroxyl groups excluding tert-OH is 5. The van der Waals surface area contributed by atoms with E-state index in [-0.39, 0.29) is 44.3 Å². The number of hydrogen-bond donors (Lipinski definition) is 8. The summed E-state index contributed by atoms with van der Waals surface area (Å²) in [5.41, 5.74) is 3.82. The lowest BCUT2D eigenvalue weighted by molar-refractivity contribution is -0.140. The molecule has 388 valence electrons. The Morgan fingerprint density at radius 3 is 1.92 bits per heavy atom. The molecule has 8 N–H and O–H groups in total. The number of ether oxygens (including phenoxy) is 5. The van der Waals surface area contributed by atoms with Crippen molar-refractivity contribution in [3.05, 3.63) is 96.6 Å². The highest BCUT2D eigenvalue weighted by Crippen LogP contribution is 2.31. The van der Waals surface area contributed by atoms with Gasteiger partial charge in [-0.3, -0.25) is 14.4 Å². The van der Waals surface area contributed by atoms with Crippen LogP contribution in [-0.4, -0.2) is 137 Å². The lowest BCUT2D eigenvalue weighted by atomic mass is 10.0. The number of methoxy groups -OCH3 is 1. The number of carbonyl (C=O) groups is 4. The van der Waals surface area contributed by atoms with E-state index in [4.69, 9.17) is 33.8 Å². The summed E-state index contributed by atoms with van der Waals surface area (Å²) >= 11 is 0. The molecule has 0 radical (unpaired) electrons. The number of nitrogens with zero attached hydrogens (tertiary/aromatic N) is 1. The summed E-state index contributed by atoms with van der Waals surface area (Å²) in [6.45, 7) is 5.02. The van der Waals surface area contributed by atoms with Crippen molar-refractivity contribution in [2.45, 2.75) is 121 Å². The van der Waals surface area contributed by atoms with Crippen molar-refractivity contribution in [3.8, 4) is 39.8 Å². The van der Waals surface area contributed by atoms with Gasteiger partial charge in [-0.1, -0.05) is 66.7 Å². The van der Waals surface area contributed by atoms with Crippen molar-refractivity contribution in [1.29, 1.82) is 0 Å². The summed E-state index contributed by atoms with van der Waals surface area (Å²) in [4.78, 5) is 55.2. The molecule has 18 heteroatoms. The Hall–Kier alpha value is -6.31. The predicted octanol–water partition coefficient (Wildman–Crippen LogP) is 5.04. The van der Waals surface area contributed by atoms with E-state index in [2.05, 4.69) is 34.1 Å². The minimum Gasteiger partial charge on any atom is -0.493 e. The zero-order chi connectivity index (χ0) is 51.6. The topological polar surface area (TPSA) is 265 Å². The van der Waals surface area contributed by atoms with Crippen LogP contribution in [0.5, 0.6) is 17.4 Å². The molecular formula is C53H72N4O14. The fourth-order valence-corrected chi connectivity index (χ4v) is 7.20. The molecule has 5 atom stereocenters. The predicted molar refractivity (Wildman–Crippen MR) is 266 cm³/mol. The molecule has 1 heterocycles. The number of benzene rings is 3. The number of unbranched alkanes of at least 4 members (excludes halogenated alkanes) is 3. The van der Waals surface area contributed by atoms with E-state index < -0.39 is 61.2 Å². The third-order valence-electron chi connectivity index (χ3n) is 11.0. The Balaban J connectivity index is 1.20. The second kappa shape index (κ2) is 30.4. The van der Waals surface area contributed by atoms with E-state index in [0.717, 1.165) is 47.2 Å². The van der Waals surface area contributed by atoms with E-state index in [1.807, 2.05) is 66.7 Å². The number of alkyl carbamates (subject to hydrolysis) is 1. The van der Waals surface area contributed by atoms with Gasteiger partial charge in [0.25, 0.3) is 0 Å². The Kier molecular flexibility index (Phi) is 24.5. The largest absolute Gasteiger partial charge is 0.493 e. The average molecular weight is 989 g/mol. The Labute approximate surface area is 416 Å². The minimum atomic E-state index is -1.88. The number of rotatable bonds is 31. The summed E-state index contributed by atoms with van der Waals surface area (Å²) in [5, 5.41) is 56.5. The van der Waals surface area contributed by atoms with Crippen LogP contribution in [0.2, 0.25) is 0 Å². The third kappa shape index (κ3) is 20.9. The lowest BCUT2D eigenvalue weighted by Crippen LogP contribution is -2.53. The number of hydrogen-bond acceptors (Lipinski definition) is 15. The first-order chi connectivity index (χ1) is 34.1. The molecule has 0 saturated carbocycles. The van der Waals surface area contributed by atoms with Crippen LogP contribution in [0, 0.1) is 0 Å². The van der Waals surface area contributed by atoms with Gasteiger partial charge in [-0.15, -0.1) is 0 Å². The molecule has 4 aromatic rings. The van der Waals surface area contributed by atoms with Gasteiger partial charge in [-0.05, 0) is 101 Å². The quantitative estimate of drug-likeness (QED) is 0.0243. The van der Waals surface area contributed by atoms with E-state index in [0.29, 0.717) is 56.3 Å². The highest BCUT2D eigenvalue weighted by Gasteiger charge is 2.31. The first kappa shape index (κ1) is 57.3. The van der Waals surface area contributed by atoms with Crippen molar-refractivity contribution in [2.75, 3.05) is 46.6 Å². The lowest BCUT2D eigenvalue weighted by Gasteiger charge is -2.27. The maximum atomic E-state index is 13.0. The number of esters is 1. The number of aromatic nitrogens is 1. The third-order valence-corrected chi connectivity index (χ3v) is 11.0. The van der Waals surface area contributed by atoms with Crippen molar-refractivity contribution < 1.29 is 68.4 Å². The molecule has 0 spiro atoms. The van der Waals surface area contributed by atoms with Crippen LogP contribution in [0.1, 0.15) is 84.1 Å². The summed E-state index contributed by atoms with van der Waals surface area (Å²) < 4.78 is 28.7. The summed E-state index contributed by atoms with van der Waals surface area (Å²) in [6, 6.07) is 28.5. The second-order valence-corrected chi connectivity index (χ2v) is 17.9. The molecule has 0 aliphatic rings. The molecule has 0 aliphatic carbocycles. The number of pyridine rings is 1. The molecule has 0 bridgehead atoms. The summed E-state index contributed by atoms with van der Waals surface area (Å²) in [6.07, 6.45) is -3.62. The molecule has 18 nitrogen and oxygen atoms in total. The maximum absolute atomic E-state index is 13.0. The molecule has 0 saturated heterocycles. The van der Waals surface area contributed by atoms with E-state index in [9.17, 15) is 39.6 Å². The van der Waals surface area contributed by atoms with Crippen molar-refractivity contribution in [2.24, 2.45) is 0 Å². The van der Waals surface area contributed by atoms with E-state index in [1.165, 1.54) is 7.11 Å². The van der Waals surface area contributed by atoms with Crippen molar-refractivity contribution >= 4 is 23.9 Å². The van der Waals surface area contributed by atoms with Crippen LogP contribution in [-0.2, 0) is 30.3 Å². The number of aliphatic hydroxyl groups is 5. The van der Waals surface area contributed by atoms with Gasteiger partial charge in [0.05, 0.1) is 45.3 Å². The molecule has 5 unspecified atom stereocenters. The SMILES string of the molecule is COC(=O)CCc1c(OCCCCCOc2cc(-c3ccccc3)cc(-c3ccccc3)n2)cccc1OCCCC(=O)NCCCCC(NC(=O)OC(C)(C)C)C(=O)NCC(O)C(O)C(O)C(O)CO. The van der Waals surface area contributed by atoms with Gasteiger partial charge in [0.2, 0.25) is 17.7 Å². The first-order valence-electron chi connectivity index (χ1n) is 24.2. The van der Waals surface area contributed by atoms with Crippen molar-refractivity contribution in [3.63, 3.8) is 0 Å². The van der Waals surface area contributed by atoms with Crippen molar-refractivity contribution in [1.82, 2.24) is 20.9 Å². The Morgan fingerprint density at radius 1 is 0.662 bits per heavy atom. The molecule has 71 heavy (non-hydrogen) atoms. The molecule has 0 aliphatic heterocycles. The fourth-order valence-electron chi connectivity index (χ4n) is 7.20. The summed E-state index contributed by atoms with van der Waals surface area (Å²) in [7, 11) is 1.34. The van der Waals surface area contributed by atoms with Gasteiger partial charge in [-0.2, -0.15) is 0 Å². The standard InChI is InChI=1S/C53H72N4O14/c1-53(2,3)71-52(66)57-40(51(65)55-34-42(59)49(63)50(64)43(60)35-58)22-12-13-28-54-46(61)25-17-31-69-45-24-16-23-44(39(45)26-27-48(62)67-4)68-29-14-7-15-30-70-47-33-38(36-18-8-5-9-19-36)32-41(56-47)37-20-10-6-11-21-37/h5-6,8-11,16,18-21,23-24,32-33,40,42-43,49-50,58-60,63-64H,7,12-15,17,22,25-31,34-35H2,1-4H3,(H,54,61)(H,55,65)(H,57,66). The molecule has 3 amide bonds. The van der Waals surface area contributed by atoms with Crippen LogP contribution in [0.4, 0.5) is 4.79 Å². The summed E-state index contributed by atoms with van der Waals surface area (Å²) in [5.74, 6) is 0.421. The van der Waals surface area contributed by atoms with Gasteiger partial charge in [0.15, 0.2) is 0 Å². The normalized spacial score (nSPS) is 13.4. The Bertz CT molecular complexity index is 2170. The maximum Gasteiger partial charge on any atom is 0.408 e. The van der Waals surface area contributed by atoms with Gasteiger partial charge in [-0.25, -0.2) is 9.78 Å². The molecular weight excluding hydrogens is 917 g/mol. The van der Waals surface area contributed by atoms with E-state index in [1.54, 1.807) is 26.8 Å². The first-order valence-corrected chi connectivity index (χ1v) is 24.2. The van der Waals surface area contributed by atoms with Gasteiger partial charge in [0, 0.05) is 43.1 Å². The van der Waals surface area contributed by atoms with Gasteiger partial charge >= 0.3 is 12.1 Å². The van der Waals surface area contributed by atoms with Crippen LogP contribution in [0.25, 0.3) is 22.4 Å². The smallest absolute Gasteiger partial charge is 0.408 e. The fraction of sp³-hybridized carbons (Fsp3) is 0.491. The van der Waals surface area contributed by atoms with Crippen LogP contribution < -0.4 is 30.2 Å². The number of amides is 3. The monoisotopic (exact) mass is 989 g/mol. The average Bonchev–Trinajstić information content (AvgIpc) is 3.36. The molecule has 4 rings (SSSR count). The van der Waals surface area contributed by atoms with Gasteiger partial charge < -0.3 is 65.2 Å². The molecule has 1 aromatic heterocycles. The van der Waals surface area contributed by atoms with Crippen LogP contribution in [0.15, 0.2) is 91.0 Å². The molecule has 0 fully saturated rings. The van der Waals surface area contributed by atoms with Gasteiger partial charge in [0.1, 0.15) is 41.5 Å².